The van der Waals surface area contributed by atoms with Crippen LogP contribution < -0.4 is 0 Å². The highest BCUT2D eigenvalue weighted by atomic mass is 16.4. The molecule has 82 valence electrons. The fourth-order valence-corrected chi connectivity index (χ4v) is 5.88. The molecule has 2 bridgehead atoms. The summed E-state index contributed by atoms with van der Waals surface area (Å²) in [5.41, 5.74) is 0.274. The number of rotatable bonds is 1. The van der Waals surface area contributed by atoms with Crippen LogP contribution in [0, 0.1) is 40.9 Å². The molecule has 4 aliphatic carbocycles. The molecule has 4 aliphatic rings. The maximum atomic E-state index is 11.1. The molecule has 0 aliphatic heterocycles. The summed E-state index contributed by atoms with van der Waals surface area (Å²) in [6.07, 6.45) is 5.25. The van der Waals surface area contributed by atoms with Gasteiger partial charge < -0.3 is 5.11 Å². The third-order valence-corrected chi connectivity index (χ3v) is 6.37. The Morgan fingerprint density at radius 3 is 2.73 bits per heavy atom. The number of aliphatic carboxylic acids is 1. The molecule has 1 spiro atoms. The van der Waals surface area contributed by atoms with Crippen LogP contribution in [-0.2, 0) is 4.79 Å². The summed E-state index contributed by atoms with van der Waals surface area (Å²) in [7, 11) is 0. The van der Waals surface area contributed by atoms with Crippen molar-refractivity contribution >= 4 is 5.97 Å². The summed E-state index contributed by atoms with van der Waals surface area (Å²) in [6, 6.07) is 0. The summed E-state index contributed by atoms with van der Waals surface area (Å²) in [6.45, 7) is 2.32. The van der Waals surface area contributed by atoms with E-state index >= 15 is 0 Å². The van der Waals surface area contributed by atoms with Crippen molar-refractivity contribution in [2.75, 3.05) is 0 Å². The Hall–Kier alpha value is -0.530. The molecular weight excluding hydrogens is 188 g/mol. The van der Waals surface area contributed by atoms with E-state index in [0.717, 1.165) is 30.1 Å². The molecular formula is C13H18O2. The first-order valence-electron chi connectivity index (χ1n) is 6.39. The Morgan fingerprint density at radius 2 is 2.07 bits per heavy atom. The van der Waals surface area contributed by atoms with Crippen LogP contribution in [0.15, 0.2) is 0 Å². The van der Waals surface area contributed by atoms with Gasteiger partial charge in [-0.05, 0) is 60.7 Å². The second-order valence-corrected chi connectivity index (χ2v) is 6.43. The average Bonchev–Trinajstić information content (AvgIpc) is 2.75. The largest absolute Gasteiger partial charge is 0.481 e. The maximum Gasteiger partial charge on any atom is 0.307 e. The molecule has 2 heteroatoms. The van der Waals surface area contributed by atoms with Crippen molar-refractivity contribution in [2.24, 2.45) is 40.9 Å². The highest BCUT2D eigenvalue weighted by molar-refractivity contribution is 5.75. The van der Waals surface area contributed by atoms with Gasteiger partial charge in [0, 0.05) is 0 Å². The van der Waals surface area contributed by atoms with Gasteiger partial charge in [-0.3, -0.25) is 4.79 Å². The fraction of sp³-hybridized carbons (Fsp3) is 0.923. The van der Waals surface area contributed by atoms with Crippen LogP contribution in [-0.4, -0.2) is 11.1 Å². The molecule has 0 radical (unpaired) electrons. The summed E-state index contributed by atoms with van der Waals surface area (Å²) in [5, 5.41) is 9.16. The minimum atomic E-state index is -0.525. The first-order valence-corrected chi connectivity index (χ1v) is 6.39. The van der Waals surface area contributed by atoms with E-state index in [1.54, 1.807) is 0 Å². The molecule has 0 aromatic heterocycles. The molecule has 7 atom stereocenters. The normalized spacial score (nSPS) is 64.1. The summed E-state index contributed by atoms with van der Waals surface area (Å²) in [5.74, 6) is 3.80. The lowest BCUT2D eigenvalue weighted by molar-refractivity contribution is -0.146. The molecule has 0 heterocycles. The number of hydrogen-bond donors (Lipinski definition) is 1. The van der Waals surface area contributed by atoms with E-state index in [-0.39, 0.29) is 11.3 Å². The minimum absolute atomic E-state index is 0.0214. The van der Waals surface area contributed by atoms with Crippen molar-refractivity contribution in [3.05, 3.63) is 0 Å². The monoisotopic (exact) mass is 206 g/mol. The third-order valence-electron chi connectivity index (χ3n) is 6.37. The van der Waals surface area contributed by atoms with Crippen molar-refractivity contribution in [3.63, 3.8) is 0 Å². The smallest absolute Gasteiger partial charge is 0.307 e. The van der Waals surface area contributed by atoms with E-state index in [9.17, 15) is 4.79 Å². The second kappa shape index (κ2) is 2.26. The van der Waals surface area contributed by atoms with Crippen molar-refractivity contribution in [2.45, 2.75) is 32.6 Å². The third kappa shape index (κ3) is 0.724. The second-order valence-electron chi connectivity index (χ2n) is 6.43. The predicted molar refractivity (Wildman–Crippen MR) is 55.2 cm³/mol. The zero-order chi connectivity index (χ0) is 10.4. The first-order chi connectivity index (χ1) is 7.16. The lowest BCUT2D eigenvalue weighted by Gasteiger charge is -2.55. The van der Waals surface area contributed by atoms with Gasteiger partial charge in [0.1, 0.15) is 0 Å². The van der Waals surface area contributed by atoms with Gasteiger partial charge in [-0.25, -0.2) is 0 Å². The van der Waals surface area contributed by atoms with Crippen molar-refractivity contribution in [3.8, 4) is 0 Å². The maximum absolute atomic E-state index is 11.1. The number of carboxylic acids is 1. The van der Waals surface area contributed by atoms with E-state index < -0.39 is 5.97 Å². The van der Waals surface area contributed by atoms with Crippen LogP contribution in [0.5, 0.6) is 0 Å². The van der Waals surface area contributed by atoms with Gasteiger partial charge in [0.2, 0.25) is 0 Å². The van der Waals surface area contributed by atoms with Crippen LogP contribution in [0.1, 0.15) is 32.6 Å². The number of carboxylic acid groups (broad SMARTS) is 1. The minimum Gasteiger partial charge on any atom is -0.481 e. The zero-order valence-corrected chi connectivity index (χ0v) is 9.15. The number of carbonyl (C=O) groups is 1. The van der Waals surface area contributed by atoms with Gasteiger partial charge in [0.15, 0.2) is 0 Å². The SMILES string of the molecule is C[C@H]1[C@H]2[C@@H]3CC[C@H](C3)[C@@H]2[C@@]12C[C@@H]2C(=O)O. The van der Waals surface area contributed by atoms with Crippen LogP contribution in [0.3, 0.4) is 0 Å². The van der Waals surface area contributed by atoms with E-state index in [2.05, 4.69) is 6.92 Å². The van der Waals surface area contributed by atoms with Gasteiger partial charge in [-0.2, -0.15) is 0 Å². The van der Waals surface area contributed by atoms with E-state index in [1.165, 1.54) is 19.3 Å². The average molecular weight is 206 g/mol. The van der Waals surface area contributed by atoms with Crippen LogP contribution >= 0.6 is 0 Å². The standard InChI is InChI=1S/C13H18O2/c1-6-10-7-2-3-8(4-7)11(10)13(6)5-9(13)12(14)15/h6-11H,2-5H2,1H3,(H,14,15)/t6-,7+,8+,9+,10-,11-,13-/m0/s1. The Bertz CT molecular complexity index is 350. The lowest BCUT2D eigenvalue weighted by atomic mass is 9.49. The highest BCUT2D eigenvalue weighted by Gasteiger charge is 2.79. The van der Waals surface area contributed by atoms with Crippen LogP contribution in [0.25, 0.3) is 0 Å². The molecule has 0 aromatic carbocycles. The van der Waals surface area contributed by atoms with Gasteiger partial charge in [-0.1, -0.05) is 6.92 Å². The molecule has 2 nitrogen and oxygen atoms in total. The highest BCUT2D eigenvalue weighted by Crippen LogP contribution is 2.82. The van der Waals surface area contributed by atoms with E-state index in [1.807, 2.05) is 0 Å². The predicted octanol–water partition coefficient (Wildman–Crippen LogP) is 2.39. The molecule has 0 amide bonds. The molecule has 1 N–H and O–H groups in total. The summed E-state index contributed by atoms with van der Waals surface area (Å²) < 4.78 is 0. The van der Waals surface area contributed by atoms with E-state index in [4.69, 9.17) is 5.11 Å². The molecule has 15 heavy (non-hydrogen) atoms. The van der Waals surface area contributed by atoms with Crippen molar-refractivity contribution in [1.29, 1.82) is 0 Å². The molecule has 0 unspecified atom stereocenters. The number of hydrogen-bond acceptors (Lipinski definition) is 1. The topological polar surface area (TPSA) is 37.3 Å². The first kappa shape index (κ1) is 8.60. The Labute approximate surface area is 90.1 Å². The Balaban J connectivity index is 1.67. The Kier molecular flexibility index (Phi) is 1.29. The number of fused-ring (bicyclic) bond motifs is 6. The Morgan fingerprint density at radius 1 is 1.33 bits per heavy atom. The van der Waals surface area contributed by atoms with Crippen LogP contribution in [0.2, 0.25) is 0 Å². The quantitative estimate of drug-likeness (QED) is 0.715. The van der Waals surface area contributed by atoms with Gasteiger partial charge in [0.05, 0.1) is 5.92 Å². The molecule has 0 aromatic rings. The van der Waals surface area contributed by atoms with Gasteiger partial charge >= 0.3 is 5.97 Å². The van der Waals surface area contributed by atoms with Gasteiger partial charge in [-0.15, -0.1) is 0 Å². The van der Waals surface area contributed by atoms with Gasteiger partial charge in [0.25, 0.3) is 0 Å². The van der Waals surface area contributed by atoms with Crippen molar-refractivity contribution < 1.29 is 9.90 Å². The van der Waals surface area contributed by atoms with Crippen LogP contribution in [0.4, 0.5) is 0 Å². The molecule has 4 fully saturated rings. The van der Waals surface area contributed by atoms with Crippen molar-refractivity contribution in [1.82, 2.24) is 0 Å². The molecule has 4 saturated carbocycles. The summed E-state index contributed by atoms with van der Waals surface area (Å²) in [4.78, 5) is 11.1. The van der Waals surface area contributed by atoms with E-state index in [0.29, 0.717) is 5.92 Å². The molecule has 0 saturated heterocycles. The fourth-order valence-electron chi connectivity index (χ4n) is 5.88. The lowest BCUT2D eigenvalue weighted by Crippen LogP contribution is -2.52. The molecule has 4 rings (SSSR count). The summed E-state index contributed by atoms with van der Waals surface area (Å²) >= 11 is 0. The zero-order valence-electron chi connectivity index (χ0n) is 9.15.